The molecule has 1 aromatic heterocycles. The molecule has 0 spiro atoms. The third-order valence-electron chi connectivity index (χ3n) is 5.74. The third kappa shape index (κ3) is 10.3. The predicted octanol–water partition coefficient (Wildman–Crippen LogP) is -1.87. The van der Waals surface area contributed by atoms with Crippen LogP contribution in [0.25, 0.3) is 10.9 Å². The number of para-hydroxylation sites is 1. The van der Waals surface area contributed by atoms with Crippen molar-refractivity contribution in [3.63, 3.8) is 0 Å². The fourth-order valence-corrected chi connectivity index (χ4v) is 3.72. The van der Waals surface area contributed by atoms with E-state index in [4.69, 9.17) is 22.3 Å². The van der Waals surface area contributed by atoms with Crippen molar-refractivity contribution in [2.45, 2.75) is 50.2 Å². The molecule has 2 aromatic rings. The number of amides is 3. The second-order valence-corrected chi connectivity index (χ2v) is 8.79. The van der Waals surface area contributed by atoms with E-state index in [1.165, 1.54) is 0 Å². The molecule has 0 radical (unpaired) electrons. The molecule has 3 amide bonds. The highest BCUT2D eigenvalue weighted by Gasteiger charge is 2.27. The van der Waals surface area contributed by atoms with Gasteiger partial charge in [0.1, 0.15) is 12.1 Å². The van der Waals surface area contributed by atoms with E-state index in [0.717, 1.165) is 10.9 Å². The summed E-state index contributed by atoms with van der Waals surface area (Å²) in [5, 5.41) is 26.4. The van der Waals surface area contributed by atoms with Crippen LogP contribution in [0.5, 0.6) is 0 Å². The highest BCUT2D eigenvalue weighted by molar-refractivity contribution is 5.93. The lowest BCUT2D eigenvalue weighted by Crippen LogP contribution is -2.54. The van der Waals surface area contributed by atoms with Crippen LogP contribution in [0.4, 0.5) is 0 Å². The number of benzene rings is 1. The molecule has 15 nitrogen and oxygen atoms in total. The molecule has 12 N–H and O–H groups in total. The zero-order chi connectivity index (χ0) is 28.9. The average Bonchev–Trinajstić information content (AvgIpc) is 3.29. The molecule has 0 aliphatic heterocycles. The summed E-state index contributed by atoms with van der Waals surface area (Å²) < 4.78 is 0. The van der Waals surface area contributed by atoms with Crippen LogP contribution in [0, 0.1) is 0 Å². The standard InChI is InChI=1S/C24H34N8O7/c25-15(7-8-20(34)35)21(36)30-12-19(33)31-18(10-13-11-29-16-5-2-1-4-14(13)16)22(37)32-17(23(38)39)6-3-9-28-24(26)27/h1-2,4-5,11,15,17-18,29H,3,6-10,12,25H2,(H,30,36)(H,31,33)(H,32,37)(H,34,35)(H,38,39)(H4,26,27,28). The third-order valence-corrected chi connectivity index (χ3v) is 5.74. The van der Waals surface area contributed by atoms with E-state index in [2.05, 4.69) is 25.9 Å². The van der Waals surface area contributed by atoms with Gasteiger partial charge in [-0.1, -0.05) is 18.2 Å². The lowest BCUT2D eigenvalue weighted by molar-refractivity contribution is -0.142. The molecule has 0 aliphatic carbocycles. The zero-order valence-corrected chi connectivity index (χ0v) is 21.2. The van der Waals surface area contributed by atoms with E-state index < -0.39 is 54.3 Å². The number of hydrogen-bond donors (Lipinski definition) is 9. The molecule has 212 valence electrons. The average molecular weight is 547 g/mol. The lowest BCUT2D eigenvalue weighted by atomic mass is 10.0. The van der Waals surface area contributed by atoms with Gasteiger partial charge in [0.05, 0.1) is 12.6 Å². The van der Waals surface area contributed by atoms with Gasteiger partial charge in [0.2, 0.25) is 17.7 Å². The Morgan fingerprint density at radius 1 is 0.974 bits per heavy atom. The number of carboxylic acids is 2. The monoisotopic (exact) mass is 546 g/mol. The number of nitrogens with two attached hydrogens (primary N) is 3. The van der Waals surface area contributed by atoms with Gasteiger partial charge in [-0.2, -0.15) is 0 Å². The van der Waals surface area contributed by atoms with Crippen molar-refractivity contribution in [3.8, 4) is 0 Å². The van der Waals surface area contributed by atoms with Crippen LogP contribution in [-0.2, 0) is 30.4 Å². The van der Waals surface area contributed by atoms with Gasteiger partial charge in [-0.3, -0.25) is 24.2 Å². The van der Waals surface area contributed by atoms with E-state index in [1.54, 1.807) is 6.20 Å². The largest absolute Gasteiger partial charge is 0.481 e. The minimum atomic E-state index is -1.27. The molecule has 15 heteroatoms. The molecule has 1 aromatic carbocycles. The number of carbonyl (C=O) groups is 5. The van der Waals surface area contributed by atoms with Gasteiger partial charge in [0.15, 0.2) is 5.96 Å². The summed E-state index contributed by atoms with van der Waals surface area (Å²) in [5.74, 6) is -4.72. The number of carboxylic acid groups (broad SMARTS) is 2. The first-order chi connectivity index (χ1) is 18.5. The van der Waals surface area contributed by atoms with Crippen LogP contribution in [0.3, 0.4) is 0 Å². The van der Waals surface area contributed by atoms with Gasteiger partial charge in [-0.05, 0) is 30.9 Å². The van der Waals surface area contributed by atoms with E-state index in [0.29, 0.717) is 5.56 Å². The molecule has 39 heavy (non-hydrogen) atoms. The first-order valence-corrected chi connectivity index (χ1v) is 12.2. The maximum absolute atomic E-state index is 13.2. The summed E-state index contributed by atoms with van der Waals surface area (Å²) in [6, 6.07) is 3.74. The fourth-order valence-electron chi connectivity index (χ4n) is 3.72. The van der Waals surface area contributed by atoms with Gasteiger partial charge in [0, 0.05) is 36.5 Å². The smallest absolute Gasteiger partial charge is 0.326 e. The molecule has 0 saturated carbocycles. The summed E-state index contributed by atoms with van der Waals surface area (Å²) in [6.45, 7) is -0.357. The fraction of sp³-hybridized carbons (Fsp3) is 0.417. The predicted molar refractivity (Wildman–Crippen MR) is 141 cm³/mol. The number of hydrogen-bond acceptors (Lipinski definition) is 7. The molecule has 0 fully saturated rings. The van der Waals surface area contributed by atoms with Gasteiger partial charge in [0.25, 0.3) is 0 Å². The highest BCUT2D eigenvalue weighted by Crippen LogP contribution is 2.19. The summed E-state index contributed by atoms with van der Waals surface area (Å²) in [4.78, 5) is 67.2. The molecule has 2 rings (SSSR count). The highest BCUT2D eigenvalue weighted by atomic mass is 16.4. The van der Waals surface area contributed by atoms with Crippen LogP contribution >= 0.6 is 0 Å². The Labute approximate surface area is 223 Å². The maximum atomic E-state index is 13.2. The van der Waals surface area contributed by atoms with Crippen molar-refractivity contribution in [1.29, 1.82) is 0 Å². The van der Waals surface area contributed by atoms with Crippen LogP contribution in [0.15, 0.2) is 35.5 Å². The molecule has 1 heterocycles. The summed E-state index contributed by atoms with van der Waals surface area (Å²) in [6.07, 6.45) is 1.59. The number of carbonyl (C=O) groups excluding carboxylic acids is 3. The molecule has 0 aliphatic rings. The number of guanidine groups is 1. The topological polar surface area (TPSA) is 268 Å². The number of aliphatic imine (C=N–C) groups is 1. The van der Waals surface area contributed by atoms with Gasteiger partial charge in [-0.15, -0.1) is 0 Å². The number of aromatic amines is 1. The SMILES string of the molecule is NC(N)=NCCCC(NC(=O)C(Cc1c[nH]c2ccccc12)NC(=O)CNC(=O)C(N)CCC(=O)O)C(=O)O. The van der Waals surface area contributed by atoms with Gasteiger partial charge < -0.3 is 48.3 Å². The summed E-state index contributed by atoms with van der Waals surface area (Å²) in [5.41, 5.74) is 17.7. The lowest BCUT2D eigenvalue weighted by Gasteiger charge is -2.22. The summed E-state index contributed by atoms with van der Waals surface area (Å²) in [7, 11) is 0. The van der Waals surface area contributed by atoms with Crippen molar-refractivity contribution >= 4 is 46.5 Å². The Balaban J connectivity index is 2.11. The Kier molecular flexibility index (Phi) is 11.7. The van der Waals surface area contributed by atoms with Gasteiger partial charge >= 0.3 is 11.9 Å². The minimum absolute atomic E-state index is 0.0218. The van der Waals surface area contributed by atoms with Crippen LogP contribution in [0.2, 0.25) is 0 Å². The van der Waals surface area contributed by atoms with Crippen molar-refractivity contribution in [2.24, 2.45) is 22.2 Å². The Hall–Kier alpha value is -4.66. The molecule has 3 atom stereocenters. The quantitative estimate of drug-likeness (QED) is 0.0642. The molecular weight excluding hydrogens is 512 g/mol. The van der Waals surface area contributed by atoms with Crippen LogP contribution < -0.4 is 33.2 Å². The zero-order valence-electron chi connectivity index (χ0n) is 21.2. The number of nitrogens with one attached hydrogen (secondary N) is 4. The van der Waals surface area contributed by atoms with Crippen LogP contribution in [0.1, 0.15) is 31.2 Å². The van der Waals surface area contributed by atoms with Gasteiger partial charge in [-0.25, -0.2) is 4.79 Å². The molecule has 3 unspecified atom stereocenters. The van der Waals surface area contributed by atoms with Crippen molar-refractivity contribution in [2.75, 3.05) is 13.1 Å². The molecule has 0 bridgehead atoms. The molecular formula is C24H34N8O7. The number of nitrogens with zero attached hydrogens (tertiary/aromatic N) is 1. The minimum Gasteiger partial charge on any atom is -0.481 e. The molecule has 0 saturated heterocycles. The Bertz CT molecular complexity index is 1210. The number of H-pyrrole nitrogens is 1. The Morgan fingerprint density at radius 2 is 1.69 bits per heavy atom. The number of aromatic nitrogens is 1. The van der Waals surface area contributed by atoms with Crippen molar-refractivity contribution in [1.82, 2.24) is 20.9 Å². The first kappa shape index (κ1) is 30.6. The van der Waals surface area contributed by atoms with E-state index in [1.807, 2.05) is 24.3 Å². The number of rotatable bonds is 16. The Morgan fingerprint density at radius 3 is 2.36 bits per heavy atom. The van der Waals surface area contributed by atoms with Crippen molar-refractivity contribution in [3.05, 3.63) is 36.0 Å². The van der Waals surface area contributed by atoms with Crippen LogP contribution in [-0.4, -0.2) is 82.0 Å². The van der Waals surface area contributed by atoms with E-state index in [-0.39, 0.29) is 44.6 Å². The normalized spacial score (nSPS) is 13.1. The number of fused-ring (bicyclic) bond motifs is 1. The number of aliphatic carboxylic acids is 2. The second-order valence-electron chi connectivity index (χ2n) is 8.79. The van der Waals surface area contributed by atoms with E-state index in [9.17, 15) is 29.1 Å². The second kappa shape index (κ2) is 14.9. The van der Waals surface area contributed by atoms with Crippen molar-refractivity contribution < 1.29 is 34.2 Å². The first-order valence-electron chi connectivity index (χ1n) is 12.2. The maximum Gasteiger partial charge on any atom is 0.326 e. The van der Waals surface area contributed by atoms with E-state index >= 15 is 0 Å². The summed E-state index contributed by atoms with van der Waals surface area (Å²) >= 11 is 0.